The molecule has 0 spiro atoms. The highest BCUT2D eigenvalue weighted by molar-refractivity contribution is 4.77. The first kappa shape index (κ1) is 14.7. The molecule has 0 bridgehead atoms. The van der Waals surface area contributed by atoms with E-state index in [1.165, 1.54) is 0 Å². The van der Waals surface area contributed by atoms with E-state index in [1.807, 2.05) is 6.92 Å². The normalized spacial score (nSPS) is 18.9. The minimum atomic E-state index is -4.51. The molecule has 1 fully saturated rings. The monoisotopic (exact) mass is 254 g/mol. The predicted octanol–water partition coefficient (Wildman–Crippen LogP) is 1.99. The lowest BCUT2D eigenvalue weighted by Gasteiger charge is -2.34. The summed E-state index contributed by atoms with van der Waals surface area (Å²) in [4.78, 5) is 2.12. The van der Waals surface area contributed by atoms with Gasteiger partial charge in [-0.15, -0.1) is 13.2 Å². The summed E-state index contributed by atoms with van der Waals surface area (Å²) in [5, 5.41) is 3.25. The Morgan fingerprint density at radius 3 is 2.41 bits per heavy atom. The van der Waals surface area contributed by atoms with Gasteiger partial charge in [-0.05, 0) is 38.9 Å². The number of nitrogens with one attached hydrogen (secondary N) is 1. The minimum Gasteiger partial charge on any atom is -0.317 e. The zero-order chi connectivity index (χ0) is 12.7. The third-order valence-corrected chi connectivity index (χ3v) is 2.98. The van der Waals surface area contributed by atoms with Crippen LogP contribution in [0.3, 0.4) is 0 Å². The van der Waals surface area contributed by atoms with Gasteiger partial charge < -0.3 is 5.32 Å². The van der Waals surface area contributed by atoms with Crippen molar-refractivity contribution in [2.75, 3.05) is 32.8 Å². The molecule has 0 aliphatic carbocycles. The van der Waals surface area contributed by atoms with E-state index in [9.17, 15) is 13.2 Å². The first-order valence-corrected chi connectivity index (χ1v) is 6.18. The molecule has 102 valence electrons. The molecule has 0 radical (unpaired) electrons. The highest BCUT2D eigenvalue weighted by atomic mass is 19.4. The van der Waals surface area contributed by atoms with Gasteiger partial charge in [0.25, 0.3) is 0 Å². The molecule has 0 aromatic heterocycles. The maximum atomic E-state index is 11.9. The molecule has 17 heavy (non-hydrogen) atoms. The van der Waals surface area contributed by atoms with E-state index in [1.54, 1.807) is 0 Å². The summed E-state index contributed by atoms with van der Waals surface area (Å²) in [5.41, 5.74) is 0. The van der Waals surface area contributed by atoms with E-state index in [-0.39, 0.29) is 6.61 Å². The SMILES string of the molecule is CCCN(CCOC(F)(F)F)C1CCNCC1. The molecule has 0 atom stereocenters. The largest absolute Gasteiger partial charge is 0.522 e. The fourth-order valence-electron chi connectivity index (χ4n) is 2.21. The predicted molar refractivity (Wildman–Crippen MR) is 59.8 cm³/mol. The van der Waals surface area contributed by atoms with Gasteiger partial charge in [-0.25, -0.2) is 0 Å². The molecule has 0 aromatic carbocycles. The molecule has 6 heteroatoms. The first-order chi connectivity index (χ1) is 8.03. The van der Waals surface area contributed by atoms with Crippen LogP contribution in [0, 0.1) is 0 Å². The lowest BCUT2D eigenvalue weighted by molar-refractivity contribution is -0.325. The molecule has 1 aliphatic heterocycles. The summed E-state index contributed by atoms with van der Waals surface area (Å²) in [6.45, 7) is 4.87. The number of alkyl halides is 3. The Balaban J connectivity index is 2.31. The van der Waals surface area contributed by atoms with Crippen LogP contribution in [0.5, 0.6) is 0 Å². The van der Waals surface area contributed by atoms with Crippen molar-refractivity contribution in [3.63, 3.8) is 0 Å². The van der Waals surface area contributed by atoms with Crippen LogP contribution in [0.1, 0.15) is 26.2 Å². The third-order valence-electron chi connectivity index (χ3n) is 2.98. The van der Waals surface area contributed by atoms with Crippen LogP contribution in [0.25, 0.3) is 0 Å². The van der Waals surface area contributed by atoms with E-state index in [0.29, 0.717) is 12.6 Å². The van der Waals surface area contributed by atoms with E-state index in [2.05, 4.69) is 15.0 Å². The molecule has 1 saturated heterocycles. The van der Waals surface area contributed by atoms with E-state index < -0.39 is 6.36 Å². The van der Waals surface area contributed by atoms with Gasteiger partial charge in [0.15, 0.2) is 0 Å². The average molecular weight is 254 g/mol. The van der Waals surface area contributed by atoms with Gasteiger partial charge in [-0.1, -0.05) is 6.92 Å². The zero-order valence-corrected chi connectivity index (χ0v) is 10.2. The number of hydrogen-bond acceptors (Lipinski definition) is 3. The van der Waals surface area contributed by atoms with Gasteiger partial charge in [0, 0.05) is 12.6 Å². The van der Waals surface area contributed by atoms with Crippen molar-refractivity contribution in [3.05, 3.63) is 0 Å². The van der Waals surface area contributed by atoms with Crippen molar-refractivity contribution in [2.45, 2.75) is 38.6 Å². The smallest absolute Gasteiger partial charge is 0.317 e. The van der Waals surface area contributed by atoms with Crippen LogP contribution in [-0.2, 0) is 4.74 Å². The maximum Gasteiger partial charge on any atom is 0.522 e. The first-order valence-electron chi connectivity index (χ1n) is 6.18. The van der Waals surface area contributed by atoms with Gasteiger partial charge in [0.2, 0.25) is 0 Å². The summed E-state index contributed by atoms with van der Waals surface area (Å²) < 4.78 is 39.5. The van der Waals surface area contributed by atoms with Crippen molar-refractivity contribution in [1.82, 2.24) is 10.2 Å². The van der Waals surface area contributed by atoms with Crippen molar-refractivity contribution in [1.29, 1.82) is 0 Å². The van der Waals surface area contributed by atoms with Crippen LogP contribution in [0.2, 0.25) is 0 Å². The number of piperidine rings is 1. The second-order valence-electron chi connectivity index (χ2n) is 4.31. The Kier molecular flexibility index (Phi) is 6.22. The Bertz CT molecular complexity index is 205. The van der Waals surface area contributed by atoms with Crippen molar-refractivity contribution in [3.8, 4) is 0 Å². The van der Waals surface area contributed by atoms with Crippen molar-refractivity contribution in [2.24, 2.45) is 0 Å². The number of hydrogen-bond donors (Lipinski definition) is 1. The lowest BCUT2D eigenvalue weighted by atomic mass is 10.0. The van der Waals surface area contributed by atoms with Crippen LogP contribution in [-0.4, -0.2) is 50.1 Å². The van der Waals surface area contributed by atoms with Crippen molar-refractivity contribution < 1.29 is 17.9 Å². The Labute approximate surface area is 100 Å². The molecule has 0 amide bonds. The molecular weight excluding hydrogens is 233 g/mol. The molecule has 1 heterocycles. The molecule has 3 nitrogen and oxygen atoms in total. The lowest BCUT2D eigenvalue weighted by Crippen LogP contribution is -2.45. The topological polar surface area (TPSA) is 24.5 Å². The molecule has 0 aromatic rings. The van der Waals surface area contributed by atoms with Crippen LogP contribution >= 0.6 is 0 Å². The second-order valence-corrected chi connectivity index (χ2v) is 4.31. The van der Waals surface area contributed by atoms with Gasteiger partial charge >= 0.3 is 6.36 Å². The molecule has 0 saturated carbocycles. The molecular formula is C11H21F3N2O. The second kappa shape index (κ2) is 7.18. The highest BCUT2D eigenvalue weighted by Crippen LogP contribution is 2.17. The number of rotatable bonds is 6. The maximum absolute atomic E-state index is 11.9. The standard InChI is InChI=1S/C11H21F3N2O/c1-2-7-16(8-9-17-11(12,13)14)10-3-5-15-6-4-10/h10,15H,2-9H2,1H3. The molecule has 1 aliphatic rings. The Morgan fingerprint density at radius 1 is 1.24 bits per heavy atom. The average Bonchev–Trinajstić information content (AvgIpc) is 2.27. The molecule has 0 unspecified atom stereocenters. The third kappa shape index (κ3) is 6.24. The van der Waals surface area contributed by atoms with E-state index in [0.717, 1.165) is 38.9 Å². The number of halogens is 3. The molecule has 1 rings (SSSR count). The van der Waals surface area contributed by atoms with E-state index in [4.69, 9.17) is 0 Å². The Hall–Kier alpha value is -0.330. The number of nitrogens with zero attached hydrogens (tertiary/aromatic N) is 1. The van der Waals surface area contributed by atoms with Crippen LogP contribution in [0.15, 0.2) is 0 Å². The minimum absolute atomic E-state index is 0.270. The number of ether oxygens (including phenoxy) is 1. The summed E-state index contributed by atoms with van der Waals surface area (Å²) >= 11 is 0. The van der Waals surface area contributed by atoms with E-state index >= 15 is 0 Å². The summed E-state index contributed by atoms with van der Waals surface area (Å²) in [6.07, 6.45) is -1.54. The fraction of sp³-hybridized carbons (Fsp3) is 1.00. The summed E-state index contributed by atoms with van der Waals surface area (Å²) in [5.74, 6) is 0. The fourth-order valence-corrected chi connectivity index (χ4v) is 2.21. The van der Waals surface area contributed by atoms with Crippen molar-refractivity contribution >= 4 is 0 Å². The van der Waals surface area contributed by atoms with Crippen LogP contribution < -0.4 is 5.32 Å². The zero-order valence-electron chi connectivity index (χ0n) is 10.2. The van der Waals surface area contributed by atoms with Gasteiger partial charge in [-0.2, -0.15) is 0 Å². The van der Waals surface area contributed by atoms with Gasteiger partial charge in [0.1, 0.15) is 0 Å². The van der Waals surface area contributed by atoms with Gasteiger partial charge in [0.05, 0.1) is 6.61 Å². The highest BCUT2D eigenvalue weighted by Gasteiger charge is 2.29. The quantitative estimate of drug-likeness (QED) is 0.784. The summed E-state index contributed by atoms with van der Waals surface area (Å²) in [7, 11) is 0. The molecule has 1 N–H and O–H groups in total. The van der Waals surface area contributed by atoms with Crippen LogP contribution in [0.4, 0.5) is 13.2 Å². The summed E-state index contributed by atoms with van der Waals surface area (Å²) in [6, 6.07) is 0.396. The van der Waals surface area contributed by atoms with Gasteiger partial charge in [-0.3, -0.25) is 9.64 Å². The Morgan fingerprint density at radius 2 is 1.88 bits per heavy atom.